The molecule has 1 heterocycles. The van der Waals surface area contributed by atoms with Crippen LogP contribution in [0.4, 0.5) is 0 Å². The highest BCUT2D eigenvalue weighted by Gasteiger charge is 2.08. The molecule has 0 atom stereocenters. The van der Waals surface area contributed by atoms with E-state index in [1.54, 1.807) is 30.5 Å². The van der Waals surface area contributed by atoms with E-state index >= 15 is 0 Å². The minimum absolute atomic E-state index is 0.199. The first-order valence-corrected chi connectivity index (χ1v) is 6.45. The third-order valence-corrected chi connectivity index (χ3v) is 3.04. The van der Waals surface area contributed by atoms with Crippen LogP contribution in [-0.2, 0) is 13.0 Å². The van der Waals surface area contributed by atoms with Crippen molar-refractivity contribution in [3.63, 3.8) is 0 Å². The number of amides is 1. The van der Waals surface area contributed by atoms with Gasteiger partial charge in [-0.2, -0.15) is 5.26 Å². The predicted molar refractivity (Wildman–Crippen MR) is 75.9 cm³/mol. The summed E-state index contributed by atoms with van der Waals surface area (Å²) in [5, 5.41) is 11.7. The topological polar surface area (TPSA) is 65.8 Å². The molecule has 0 saturated heterocycles. The highest BCUT2D eigenvalue weighted by atomic mass is 16.1. The summed E-state index contributed by atoms with van der Waals surface area (Å²) < 4.78 is 0. The molecule has 0 aliphatic heterocycles. The zero-order chi connectivity index (χ0) is 14.4. The largest absolute Gasteiger partial charge is 0.346 e. The first kappa shape index (κ1) is 13.8. The van der Waals surface area contributed by atoms with Gasteiger partial charge in [0, 0.05) is 11.8 Å². The van der Waals surface area contributed by atoms with E-state index in [2.05, 4.69) is 17.2 Å². The molecule has 0 aliphatic rings. The van der Waals surface area contributed by atoms with Gasteiger partial charge in [-0.15, -0.1) is 0 Å². The van der Waals surface area contributed by atoms with Crippen molar-refractivity contribution in [3.8, 4) is 6.07 Å². The summed E-state index contributed by atoms with van der Waals surface area (Å²) in [6.07, 6.45) is 2.60. The average Bonchev–Trinajstić information content (AvgIpc) is 2.52. The van der Waals surface area contributed by atoms with Crippen LogP contribution in [0.3, 0.4) is 0 Å². The number of rotatable bonds is 4. The number of carbonyl (C=O) groups excluding carboxylic acids is 1. The van der Waals surface area contributed by atoms with Crippen LogP contribution < -0.4 is 5.32 Å². The highest BCUT2D eigenvalue weighted by Crippen LogP contribution is 2.07. The molecular formula is C16H15N3O. The normalized spacial score (nSPS) is 9.80. The monoisotopic (exact) mass is 265 g/mol. The molecule has 0 aliphatic carbocycles. The number of benzene rings is 1. The minimum atomic E-state index is -0.199. The van der Waals surface area contributed by atoms with Crippen LogP contribution in [0.2, 0.25) is 0 Å². The smallest absolute Gasteiger partial charge is 0.251 e. The Kier molecular flexibility index (Phi) is 4.46. The molecule has 0 unspecified atom stereocenters. The van der Waals surface area contributed by atoms with Gasteiger partial charge in [0.1, 0.15) is 0 Å². The number of nitriles is 1. The lowest BCUT2D eigenvalue weighted by Gasteiger charge is -2.08. The van der Waals surface area contributed by atoms with Gasteiger partial charge in [0.05, 0.1) is 23.9 Å². The molecule has 2 rings (SSSR count). The fourth-order valence-electron chi connectivity index (χ4n) is 1.95. The fraction of sp³-hybridized carbons (Fsp3) is 0.188. The summed E-state index contributed by atoms with van der Waals surface area (Å²) in [6.45, 7) is 2.44. The molecule has 0 saturated carbocycles. The quantitative estimate of drug-likeness (QED) is 0.923. The Morgan fingerprint density at radius 1 is 1.35 bits per heavy atom. The number of aromatic nitrogens is 1. The average molecular weight is 265 g/mol. The van der Waals surface area contributed by atoms with Crippen LogP contribution in [-0.4, -0.2) is 10.9 Å². The van der Waals surface area contributed by atoms with Crippen molar-refractivity contribution in [2.45, 2.75) is 19.9 Å². The molecule has 1 amide bonds. The van der Waals surface area contributed by atoms with Gasteiger partial charge in [0.2, 0.25) is 0 Å². The molecule has 2 aromatic rings. The zero-order valence-corrected chi connectivity index (χ0v) is 11.3. The van der Waals surface area contributed by atoms with Gasteiger partial charge in [0.15, 0.2) is 0 Å². The Morgan fingerprint density at radius 2 is 2.20 bits per heavy atom. The lowest BCUT2D eigenvalue weighted by atomic mass is 10.1. The van der Waals surface area contributed by atoms with Crippen LogP contribution >= 0.6 is 0 Å². The fourth-order valence-corrected chi connectivity index (χ4v) is 1.95. The molecule has 0 fully saturated rings. The highest BCUT2D eigenvalue weighted by molar-refractivity contribution is 5.94. The van der Waals surface area contributed by atoms with Crippen LogP contribution in [0, 0.1) is 11.3 Å². The van der Waals surface area contributed by atoms with Gasteiger partial charge in [0.25, 0.3) is 5.91 Å². The molecule has 0 bridgehead atoms. The maximum Gasteiger partial charge on any atom is 0.251 e. The molecule has 100 valence electrons. The number of carbonyl (C=O) groups is 1. The molecule has 20 heavy (non-hydrogen) atoms. The van der Waals surface area contributed by atoms with Crippen molar-refractivity contribution in [3.05, 3.63) is 65.0 Å². The number of aryl methyl sites for hydroxylation is 1. The summed E-state index contributed by atoms with van der Waals surface area (Å²) in [7, 11) is 0. The van der Waals surface area contributed by atoms with Crippen molar-refractivity contribution < 1.29 is 4.79 Å². The van der Waals surface area contributed by atoms with Crippen molar-refractivity contribution in [2.75, 3.05) is 0 Å². The van der Waals surface area contributed by atoms with Crippen molar-refractivity contribution in [2.24, 2.45) is 0 Å². The SMILES string of the molecule is CCc1cccnc1CNC(=O)c1cccc(C#N)c1. The van der Waals surface area contributed by atoms with Crippen molar-refractivity contribution in [1.29, 1.82) is 5.26 Å². The molecule has 1 N–H and O–H groups in total. The molecular weight excluding hydrogens is 250 g/mol. The molecule has 4 heteroatoms. The van der Waals surface area contributed by atoms with E-state index < -0.39 is 0 Å². The maximum absolute atomic E-state index is 12.0. The van der Waals surface area contributed by atoms with E-state index in [1.807, 2.05) is 18.2 Å². The third kappa shape index (κ3) is 3.21. The van der Waals surface area contributed by atoms with Crippen LogP contribution in [0.25, 0.3) is 0 Å². The summed E-state index contributed by atoms with van der Waals surface area (Å²) in [5.74, 6) is -0.199. The van der Waals surface area contributed by atoms with Crippen molar-refractivity contribution in [1.82, 2.24) is 10.3 Å². The lowest BCUT2D eigenvalue weighted by molar-refractivity contribution is 0.0950. The van der Waals surface area contributed by atoms with Gasteiger partial charge < -0.3 is 5.32 Å². The standard InChI is InChI=1S/C16H15N3O/c1-2-13-7-4-8-18-15(13)11-19-16(20)14-6-3-5-12(9-14)10-17/h3-9H,2,11H2,1H3,(H,19,20). The molecule has 1 aromatic heterocycles. The molecule has 0 spiro atoms. The van der Waals surface area contributed by atoms with E-state index in [-0.39, 0.29) is 5.91 Å². The van der Waals surface area contributed by atoms with E-state index in [9.17, 15) is 4.79 Å². The number of hydrogen-bond acceptors (Lipinski definition) is 3. The summed E-state index contributed by atoms with van der Waals surface area (Å²) in [5.41, 5.74) is 2.96. The maximum atomic E-state index is 12.0. The number of nitrogens with one attached hydrogen (secondary N) is 1. The zero-order valence-electron chi connectivity index (χ0n) is 11.3. The predicted octanol–water partition coefficient (Wildman–Crippen LogP) is 2.45. The van der Waals surface area contributed by atoms with Crippen LogP contribution in [0.15, 0.2) is 42.6 Å². The Hall–Kier alpha value is -2.67. The second-order valence-corrected chi connectivity index (χ2v) is 4.34. The number of pyridine rings is 1. The molecule has 1 aromatic carbocycles. The van der Waals surface area contributed by atoms with Gasteiger partial charge in [-0.1, -0.05) is 19.1 Å². The number of hydrogen-bond donors (Lipinski definition) is 1. The summed E-state index contributed by atoms with van der Waals surface area (Å²) in [4.78, 5) is 16.3. The van der Waals surface area contributed by atoms with Crippen molar-refractivity contribution >= 4 is 5.91 Å². The van der Waals surface area contributed by atoms with E-state index in [0.29, 0.717) is 17.7 Å². The first-order valence-electron chi connectivity index (χ1n) is 6.45. The second kappa shape index (κ2) is 6.48. The lowest BCUT2D eigenvalue weighted by Crippen LogP contribution is -2.24. The van der Waals surface area contributed by atoms with Crippen LogP contribution in [0.5, 0.6) is 0 Å². The van der Waals surface area contributed by atoms with E-state index in [1.165, 1.54) is 0 Å². The van der Waals surface area contributed by atoms with Gasteiger partial charge in [-0.25, -0.2) is 0 Å². The van der Waals surface area contributed by atoms with Gasteiger partial charge in [-0.3, -0.25) is 9.78 Å². The first-order chi connectivity index (χ1) is 9.74. The third-order valence-electron chi connectivity index (χ3n) is 3.04. The molecule has 0 radical (unpaired) electrons. The Balaban J connectivity index is 2.07. The summed E-state index contributed by atoms with van der Waals surface area (Å²) >= 11 is 0. The van der Waals surface area contributed by atoms with E-state index in [4.69, 9.17) is 5.26 Å². The Morgan fingerprint density at radius 3 is 2.95 bits per heavy atom. The summed E-state index contributed by atoms with van der Waals surface area (Å²) in [6, 6.07) is 12.6. The Bertz CT molecular complexity index is 659. The minimum Gasteiger partial charge on any atom is -0.346 e. The Labute approximate surface area is 118 Å². The molecule has 4 nitrogen and oxygen atoms in total. The van der Waals surface area contributed by atoms with Gasteiger partial charge in [-0.05, 0) is 36.2 Å². The second-order valence-electron chi connectivity index (χ2n) is 4.34. The van der Waals surface area contributed by atoms with Gasteiger partial charge >= 0.3 is 0 Å². The number of nitrogens with zero attached hydrogens (tertiary/aromatic N) is 2. The van der Waals surface area contributed by atoms with Crippen LogP contribution in [0.1, 0.15) is 34.1 Å². The van der Waals surface area contributed by atoms with E-state index in [0.717, 1.165) is 17.7 Å².